The Kier molecular flexibility index (Phi) is 3.39. The number of nitrogens with two attached hydrogens (primary N) is 1. The van der Waals surface area contributed by atoms with Crippen molar-refractivity contribution in [3.63, 3.8) is 0 Å². The molecule has 1 heterocycles. The number of methoxy groups -OCH3 is 1. The summed E-state index contributed by atoms with van der Waals surface area (Å²) >= 11 is 0. The fourth-order valence-electron chi connectivity index (χ4n) is 2.02. The van der Waals surface area contributed by atoms with Gasteiger partial charge >= 0.3 is 0 Å². The van der Waals surface area contributed by atoms with E-state index in [0.717, 1.165) is 11.1 Å². The number of hydrogen-bond acceptors (Lipinski definition) is 4. The largest absolute Gasteiger partial charge is 0.384 e. The lowest BCUT2D eigenvalue weighted by Gasteiger charge is -2.24. The Hall–Kier alpha value is -1.81. The summed E-state index contributed by atoms with van der Waals surface area (Å²) in [6.45, 7) is 4.95. The lowest BCUT2D eigenvalue weighted by atomic mass is 9.84. The van der Waals surface area contributed by atoms with Crippen LogP contribution in [0.3, 0.4) is 0 Å². The van der Waals surface area contributed by atoms with Gasteiger partial charge in [-0.2, -0.15) is 0 Å². The van der Waals surface area contributed by atoms with Gasteiger partial charge < -0.3 is 15.0 Å². The maximum atomic E-state index is 5.74. The van der Waals surface area contributed by atoms with Crippen LogP contribution in [0, 0.1) is 0 Å². The number of anilines is 1. The van der Waals surface area contributed by atoms with Gasteiger partial charge in [0.25, 0.3) is 0 Å². The predicted octanol–water partition coefficient (Wildman–Crippen LogP) is 2.85. The Morgan fingerprint density at radius 3 is 2.78 bits per heavy atom. The van der Waals surface area contributed by atoms with Crippen molar-refractivity contribution in [2.45, 2.75) is 19.3 Å². The van der Waals surface area contributed by atoms with Crippen LogP contribution in [-0.4, -0.2) is 18.9 Å². The number of nitrogens with zero attached hydrogens (tertiary/aromatic N) is 1. The second-order valence-electron chi connectivity index (χ2n) is 5.00. The number of benzene rings is 1. The maximum Gasteiger partial charge on any atom is 0.229 e. The number of hydrogen-bond donors (Lipinski definition) is 1. The van der Waals surface area contributed by atoms with Crippen LogP contribution in [0.15, 0.2) is 35.0 Å². The second kappa shape index (κ2) is 4.82. The molecule has 0 atom stereocenters. The molecule has 0 saturated heterocycles. The molecule has 1 aromatic carbocycles. The molecule has 2 aromatic rings. The summed E-state index contributed by atoms with van der Waals surface area (Å²) in [7, 11) is 1.71. The normalized spacial score (nSPS) is 11.7. The molecular formula is C14H18N2O2. The molecule has 0 radical (unpaired) electrons. The van der Waals surface area contributed by atoms with E-state index in [0.29, 0.717) is 12.5 Å². The summed E-state index contributed by atoms with van der Waals surface area (Å²) in [4.78, 5) is 0. The minimum Gasteiger partial charge on any atom is -0.384 e. The van der Waals surface area contributed by atoms with Crippen LogP contribution >= 0.6 is 0 Å². The van der Waals surface area contributed by atoms with Crippen LogP contribution < -0.4 is 5.73 Å². The lowest BCUT2D eigenvalue weighted by Crippen LogP contribution is -2.23. The van der Waals surface area contributed by atoms with Gasteiger partial charge in [-0.3, -0.25) is 0 Å². The smallest absolute Gasteiger partial charge is 0.229 e. The third kappa shape index (κ3) is 2.38. The van der Waals surface area contributed by atoms with Gasteiger partial charge in [-0.15, -0.1) is 0 Å². The first-order chi connectivity index (χ1) is 8.54. The topological polar surface area (TPSA) is 61.3 Å². The summed E-state index contributed by atoms with van der Waals surface area (Å²) in [5.41, 5.74) is 8.72. The van der Waals surface area contributed by atoms with Crippen molar-refractivity contribution in [2.24, 2.45) is 0 Å². The van der Waals surface area contributed by atoms with Crippen molar-refractivity contribution < 1.29 is 9.26 Å². The molecule has 18 heavy (non-hydrogen) atoms. The highest BCUT2D eigenvalue weighted by Crippen LogP contribution is 2.30. The molecule has 4 nitrogen and oxygen atoms in total. The molecule has 96 valence electrons. The molecule has 0 spiro atoms. The molecule has 0 aliphatic heterocycles. The highest BCUT2D eigenvalue weighted by atomic mass is 16.5. The monoisotopic (exact) mass is 246 g/mol. The van der Waals surface area contributed by atoms with E-state index in [2.05, 4.69) is 31.1 Å². The minimum absolute atomic E-state index is 0.0450. The Labute approximate surface area is 107 Å². The number of rotatable bonds is 4. The maximum absolute atomic E-state index is 5.74. The first kappa shape index (κ1) is 12.6. The molecule has 4 heteroatoms. The summed E-state index contributed by atoms with van der Waals surface area (Å²) in [6, 6.07) is 8.19. The summed E-state index contributed by atoms with van der Waals surface area (Å²) in [6.07, 6.45) is 1.64. The fourth-order valence-corrected chi connectivity index (χ4v) is 2.02. The van der Waals surface area contributed by atoms with Crippen molar-refractivity contribution in [2.75, 3.05) is 19.5 Å². The van der Waals surface area contributed by atoms with Crippen molar-refractivity contribution in [1.29, 1.82) is 0 Å². The van der Waals surface area contributed by atoms with E-state index < -0.39 is 0 Å². The van der Waals surface area contributed by atoms with Gasteiger partial charge in [-0.1, -0.05) is 43.3 Å². The number of nitrogen functional groups attached to an aromatic ring is 1. The average Bonchev–Trinajstić information content (AvgIpc) is 2.76. The molecule has 0 bridgehead atoms. The van der Waals surface area contributed by atoms with Crippen LogP contribution in [0.1, 0.15) is 19.4 Å². The molecule has 0 amide bonds. The molecule has 2 N–H and O–H groups in total. The van der Waals surface area contributed by atoms with Crippen LogP contribution in [-0.2, 0) is 10.2 Å². The van der Waals surface area contributed by atoms with E-state index in [1.165, 1.54) is 5.56 Å². The van der Waals surface area contributed by atoms with Gasteiger partial charge in [0.1, 0.15) is 0 Å². The minimum atomic E-state index is -0.0450. The zero-order valence-electron chi connectivity index (χ0n) is 10.9. The van der Waals surface area contributed by atoms with E-state index in [1.807, 2.05) is 12.1 Å². The van der Waals surface area contributed by atoms with Gasteiger partial charge in [-0.25, -0.2) is 0 Å². The molecule has 0 saturated carbocycles. The van der Waals surface area contributed by atoms with E-state index in [-0.39, 0.29) is 5.41 Å². The third-order valence-corrected chi connectivity index (χ3v) is 3.06. The number of aromatic nitrogens is 1. The molecule has 0 aliphatic rings. The Balaban J connectivity index is 2.40. The molecule has 1 aromatic heterocycles. The van der Waals surface area contributed by atoms with Crippen molar-refractivity contribution in [1.82, 2.24) is 5.16 Å². The summed E-state index contributed by atoms with van der Waals surface area (Å²) in [5.74, 6) is 0.344. The van der Waals surface area contributed by atoms with E-state index in [9.17, 15) is 0 Å². The van der Waals surface area contributed by atoms with Crippen molar-refractivity contribution >= 4 is 5.88 Å². The molecule has 0 unspecified atom stereocenters. The van der Waals surface area contributed by atoms with Crippen molar-refractivity contribution in [3.8, 4) is 11.1 Å². The zero-order chi connectivity index (χ0) is 13.2. The Bertz CT molecular complexity index is 532. The van der Waals surface area contributed by atoms with Crippen LogP contribution in [0.25, 0.3) is 11.1 Å². The van der Waals surface area contributed by atoms with E-state index in [1.54, 1.807) is 13.3 Å². The van der Waals surface area contributed by atoms with Crippen LogP contribution in [0.2, 0.25) is 0 Å². The number of ether oxygens (including phenoxy) is 1. The van der Waals surface area contributed by atoms with Gasteiger partial charge in [0, 0.05) is 12.5 Å². The molecule has 2 rings (SSSR count). The first-order valence-electron chi connectivity index (χ1n) is 5.84. The standard InChI is InChI=1S/C14H18N2O2/c1-14(2,9-17-3)11-6-4-5-10(7-11)12-8-16-18-13(12)15/h4-8H,9,15H2,1-3H3. The van der Waals surface area contributed by atoms with Gasteiger partial charge in [-0.05, 0) is 11.1 Å². The zero-order valence-corrected chi connectivity index (χ0v) is 10.9. The molecule has 0 fully saturated rings. The third-order valence-electron chi connectivity index (χ3n) is 3.06. The quantitative estimate of drug-likeness (QED) is 0.901. The highest BCUT2D eigenvalue weighted by molar-refractivity contribution is 5.72. The average molecular weight is 246 g/mol. The Morgan fingerprint density at radius 1 is 1.39 bits per heavy atom. The summed E-state index contributed by atoms with van der Waals surface area (Å²) in [5, 5.41) is 3.70. The van der Waals surface area contributed by atoms with Crippen LogP contribution in [0.4, 0.5) is 5.88 Å². The lowest BCUT2D eigenvalue weighted by molar-refractivity contribution is 0.146. The highest BCUT2D eigenvalue weighted by Gasteiger charge is 2.21. The van der Waals surface area contributed by atoms with Gasteiger partial charge in [0.15, 0.2) is 0 Å². The first-order valence-corrected chi connectivity index (χ1v) is 5.84. The van der Waals surface area contributed by atoms with Gasteiger partial charge in [0.05, 0.1) is 18.4 Å². The SMILES string of the molecule is COCC(C)(C)c1cccc(-c2cnoc2N)c1. The Morgan fingerprint density at radius 2 is 2.17 bits per heavy atom. The molecule has 0 aliphatic carbocycles. The fraction of sp³-hybridized carbons (Fsp3) is 0.357. The van der Waals surface area contributed by atoms with E-state index >= 15 is 0 Å². The predicted molar refractivity (Wildman–Crippen MR) is 71.3 cm³/mol. The van der Waals surface area contributed by atoms with Crippen LogP contribution in [0.5, 0.6) is 0 Å². The van der Waals surface area contributed by atoms with Gasteiger partial charge in [0.2, 0.25) is 5.88 Å². The van der Waals surface area contributed by atoms with Crippen molar-refractivity contribution in [3.05, 3.63) is 36.0 Å². The van der Waals surface area contributed by atoms with E-state index in [4.69, 9.17) is 15.0 Å². The summed E-state index contributed by atoms with van der Waals surface area (Å²) < 4.78 is 10.2. The second-order valence-corrected chi connectivity index (χ2v) is 5.00. The molecular weight excluding hydrogens is 228 g/mol.